The van der Waals surface area contributed by atoms with Gasteiger partial charge in [0.15, 0.2) is 0 Å². The summed E-state index contributed by atoms with van der Waals surface area (Å²) in [5.74, 6) is 0. The molecule has 2 aromatic carbocycles. The molecule has 0 radical (unpaired) electrons. The lowest BCUT2D eigenvalue weighted by atomic mass is 10.1. The topological polar surface area (TPSA) is 12.0 Å². The van der Waals surface area contributed by atoms with Crippen molar-refractivity contribution >= 4 is 16.5 Å². The maximum absolute atomic E-state index is 3.62. The lowest BCUT2D eigenvalue weighted by Gasteiger charge is -2.15. The van der Waals surface area contributed by atoms with E-state index in [9.17, 15) is 0 Å². The predicted octanol–water partition coefficient (Wildman–Crippen LogP) is 6.00. The van der Waals surface area contributed by atoms with Gasteiger partial charge in [-0.3, -0.25) is 0 Å². The monoisotopic (exact) mass is 269 g/mol. The summed E-state index contributed by atoms with van der Waals surface area (Å²) in [6.45, 7) is 4.55. The van der Waals surface area contributed by atoms with Gasteiger partial charge in [0.2, 0.25) is 0 Å². The molecule has 1 nitrogen and oxygen atoms in total. The van der Waals surface area contributed by atoms with Crippen LogP contribution >= 0.6 is 0 Å². The molecule has 0 aliphatic rings. The molecule has 1 atom stereocenters. The van der Waals surface area contributed by atoms with Crippen LogP contribution in [-0.4, -0.2) is 6.04 Å². The van der Waals surface area contributed by atoms with Crippen LogP contribution in [0.15, 0.2) is 42.5 Å². The van der Waals surface area contributed by atoms with Gasteiger partial charge in [-0.25, -0.2) is 0 Å². The summed E-state index contributed by atoms with van der Waals surface area (Å²) in [6.07, 6.45) is 8.06. The van der Waals surface area contributed by atoms with E-state index in [1.807, 2.05) is 0 Å². The average molecular weight is 269 g/mol. The Balaban J connectivity index is 1.81. The largest absolute Gasteiger partial charge is 0.383 e. The van der Waals surface area contributed by atoms with E-state index in [1.54, 1.807) is 0 Å². The summed E-state index contributed by atoms with van der Waals surface area (Å²) in [7, 11) is 0. The highest BCUT2D eigenvalue weighted by Gasteiger charge is 2.02. The van der Waals surface area contributed by atoms with Crippen LogP contribution in [-0.2, 0) is 0 Å². The highest BCUT2D eigenvalue weighted by atomic mass is 14.9. The van der Waals surface area contributed by atoms with E-state index in [-0.39, 0.29) is 0 Å². The fraction of sp³-hybridized carbons (Fsp3) is 0.474. The first-order valence-electron chi connectivity index (χ1n) is 8.05. The Morgan fingerprint density at radius 3 is 2.45 bits per heavy atom. The maximum atomic E-state index is 3.62. The number of hydrogen-bond donors (Lipinski definition) is 1. The first-order valence-corrected chi connectivity index (χ1v) is 8.05. The van der Waals surface area contributed by atoms with Crippen molar-refractivity contribution in [3.8, 4) is 0 Å². The molecule has 0 fully saturated rings. The second kappa shape index (κ2) is 7.94. The van der Waals surface area contributed by atoms with Crippen LogP contribution in [0.3, 0.4) is 0 Å². The van der Waals surface area contributed by atoms with E-state index >= 15 is 0 Å². The number of anilines is 1. The molecule has 0 bridgehead atoms. The molecule has 0 spiro atoms. The highest BCUT2D eigenvalue weighted by Crippen LogP contribution is 2.20. The Kier molecular flexibility index (Phi) is 5.91. The van der Waals surface area contributed by atoms with Crippen molar-refractivity contribution in [1.29, 1.82) is 0 Å². The van der Waals surface area contributed by atoms with Crippen LogP contribution in [0.2, 0.25) is 0 Å². The van der Waals surface area contributed by atoms with E-state index in [1.165, 1.54) is 55.0 Å². The van der Waals surface area contributed by atoms with Crippen molar-refractivity contribution in [2.75, 3.05) is 5.32 Å². The van der Waals surface area contributed by atoms with Crippen LogP contribution in [0, 0.1) is 0 Å². The molecule has 0 heterocycles. The molecular formula is C19H27N. The van der Waals surface area contributed by atoms with Crippen molar-refractivity contribution in [1.82, 2.24) is 0 Å². The second-order valence-corrected chi connectivity index (χ2v) is 5.81. The fourth-order valence-corrected chi connectivity index (χ4v) is 2.69. The van der Waals surface area contributed by atoms with Crippen molar-refractivity contribution in [2.45, 2.75) is 58.4 Å². The number of hydrogen-bond acceptors (Lipinski definition) is 1. The maximum Gasteiger partial charge on any atom is 0.0348 e. The summed E-state index contributed by atoms with van der Waals surface area (Å²) < 4.78 is 0. The van der Waals surface area contributed by atoms with E-state index < -0.39 is 0 Å². The van der Waals surface area contributed by atoms with Gasteiger partial charge in [-0.15, -0.1) is 0 Å². The summed E-state index contributed by atoms with van der Waals surface area (Å²) in [6, 6.07) is 15.7. The quantitative estimate of drug-likeness (QED) is 0.579. The SMILES string of the molecule is CCCCCCCC(C)Nc1ccc2ccccc2c1. The van der Waals surface area contributed by atoms with Crippen LogP contribution in [0.4, 0.5) is 5.69 Å². The Morgan fingerprint density at radius 2 is 1.65 bits per heavy atom. The van der Waals surface area contributed by atoms with Crippen LogP contribution in [0.5, 0.6) is 0 Å². The fourth-order valence-electron chi connectivity index (χ4n) is 2.69. The van der Waals surface area contributed by atoms with Crippen LogP contribution in [0.25, 0.3) is 10.8 Å². The second-order valence-electron chi connectivity index (χ2n) is 5.81. The van der Waals surface area contributed by atoms with E-state index in [0.29, 0.717) is 6.04 Å². The minimum atomic E-state index is 0.554. The highest BCUT2D eigenvalue weighted by molar-refractivity contribution is 5.85. The zero-order valence-corrected chi connectivity index (χ0v) is 12.9. The smallest absolute Gasteiger partial charge is 0.0348 e. The molecule has 108 valence electrons. The van der Waals surface area contributed by atoms with E-state index in [0.717, 1.165) is 0 Å². The van der Waals surface area contributed by atoms with Gasteiger partial charge < -0.3 is 5.32 Å². The third kappa shape index (κ3) is 4.56. The minimum Gasteiger partial charge on any atom is -0.383 e. The summed E-state index contributed by atoms with van der Waals surface area (Å²) in [5, 5.41) is 6.25. The minimum absolute atomic E-state index is 0.554. The van der Waals surface area contributed by atoms with Crippen LogP contribution in [0.1, 0.15) is 52.4 Å². The standard InChI is InChI=1S/C19H27N/c1-3-4-5-6-7-10-16(2)20-19-14-13-17-11-8-9-12-18(17)15-19/h8-9,11-16,20H,3-7,10H2,1-2H3. The number of nitrogens with one attached hydrogen (secondary N) is 1. The summed E-state index contributed by atoms with van der Waals surface area (Å²) in [4.78, 5) is 0. The van der Waals surface area contributed by atoms with Gasteiger partial charge in [-0.1, -0.05) is 69.4 Å². The van der Waals surface area contributed by atoms with Crippen molar-refractivity contribution < 1.29 is 0 Å². The Bertz CT molecular complexity index is 518. The Labute approximate surface area is 123 Å². The zero-order valence-electron chi connectivity index (χ0n) is 12.9. The van der Waals surface area contributed by atoms with Gasteiger partial charge >= 0.3 is 0 Å². The Morgan fingerprint density at radius 1 is 0.900 bits per heavy atom. The zero-order chi connectivity index (χ0) is 14.2. The average Bonchev–Trinajstić information content (AvgIpc) is 2.47. The predicted molar refractivity (Wildman–Crippen MR) is 90.4 cm³/mol. The van der Waals surface area contributed by atoms with E-state index in [2.05, 4.69) is 61.6 Å². The molecule has 1 unspecified atom stereocenters. The number of benzene rings is 2. The van der Waals surface area contributed by atoms with Gasteiger partial charge in [0.05, 0.1) is 0 Å². The van der Waals surface area contributed by atoms with Gasteiger partial charge in [0.25, 0.3) is 0 Å². The molecule has 1 N–H and O–H groups in total. The number of unbranched alkanes of at least 4 members (excludes halogenated alkanes) is 4. The third-order valence-electron chi connectivity index (χ3n) is 3.90. The number of fused-ring (bicyclic) bond motifs is 1. The van der Waals surface area contributed by atoms with Gasteiger partial charge in [0, 0.05) is 11.7 Å². The summed E-state index contributed by atoms with van der Waals surface area (Å²) >= 11 is 0. The van der Waals surface area contributed by atoms with Gasteiger partial charge in [-0.05, 0) is 36.2 Å². The molecule has 0 saturated heterocycles. The summed E-state index contributed by atoms with van der Waals surface area (Å²) in [5.41, 5.74) is 1.24. The normalized spacial score (nSPS) is 12.5. The molecular weight excluding hydrogens is 242 g/mol. The van der Waals surface area contributed by atoms with Crippen LogP contribution < -0.4 is 5.32 Å². The molecule has 2 rings (SSSR count). The van der Waals surface area contributed by atoms with Crippen molar-refractivity contribution in [3.05, 3.63) is 42.5 Å². The molecule has 0 saturated carbocycles. The third-order valence-corrected chi connectivity index (χ3v) is 3.90. The number of rotatable bonds is 8. The van der Waals surface area contributed by atoms with Crippen molar-refractivity contribution in [3.63, 3.8) is 0 Å². The lowest BCUT2D eigenvalue weighted by molar-refractivity contribution is 0.578. The lowest BCUT2D eigenvalue weighted by Crippen LogP contribution is -2.14. The molecule has 0 amide bonds. The molecule has 0 aliphatic carbocycles. The first-order chi connectivity index (χ1) is 9.79. The van der Waals surface area contributed by atoms with E-state index in [4.69, 9.17) is 0 Å². The molecule has 0 aliphatic heterocycles. The Hall–Kier alpha value is -1.50. The first kappa shape index (κ1) is 14.9. The molecule has 1 heteroatoms. The molecule has 2 aromatic rings. The van der Waals surface area contributed by atoms with Crippen molar-refractivity contribution in [2.24, 2.45) is 0 Å². The van der Waals surface area contributed by atoms with Gasteiger partial charge in [-0.2, -0.15) is 0 Å². The molecule has 20 heavy (non-hydrogen) atoms. The van der Waals surface area contributed by atoms with Gasteiger partial charge in [0.1, 0.15) is 0 Å². The molecule has 0 aromatic heterocycles.